The van der Waals surface area contributed by atoms with Gasteiger partial charge in [0.2, 0.25) is 0 Å². The number of anilines is 1. The van der Waals surface area contributed by atoms with Crippen molar-refractivity contribution in [3.05, 3.63) is 23.9 Å². The molecule has 1 aromatic heterocycles. The molecular formula is C22H34N4O6. The SMILES string of the molecule is CC(C)(C)OC(=O)N[C@@H](Cc1ccc(N2CCN(C(=O)OC(C)(C)C)CC2)nc1)C(=O)O. The van der Waals surface area contributed by atoms with Crippen molar-refractivity contribution in [1.82, 2.24) is 15.2 Å². The molecule has 0 spiro atoms. The van der Waals surface area contributed by atoms with Gasteiger partial charge >= 0.3 is 18.2 Å². The fraction of sp³-hybridized carbons (Fsp3) is 0.636. The number of pyridine rings is 1. The summed E-state index contributed by atoms with van der Waals surface area (Å²) in [5.74, 6) is -0.414. The standard InChI is InChI=1S/C22H34N4O6/c1-21(2,3)31-19(29)24-16(18(27)28)13-15-7-8-17(23-14-15)25-9-11-26(12-10-25)20(30)32-22(4,5)6/h7-8,14,16H,9-13H2,1-6H3,(H,24,29)(H,27,28)/t16-/m0/s1. The monoisotopic (exact) mass is 450 g/mol. The van der Waals surface area contributed by atoms with E-state index in [0.29, 0.717) is 31.7 Å². The molecule has 1 aliphatic heterocycles. The lowest BCUT2D eigenvalue weighted by molar-refractivity contribution is -0.139. The lowest BCUT2D eigenvalue weighted by Gasteiger charge is -2.36. The first-order chi connectivity index (χ1) is 14.7. The summed E-state index contributed by atoms with van der Waals surface area (Å²) in [6.07, 6.45) is 0.575. The van der Waals surface area contributed by atoms with Crippen molar-refractivity contribution in [2.45, 2.75) is 65.2 Å². The van der Waals surface area contributed by atoms with Crippen LogP contribution in [-0.2, 0) is 20.7 Å². The number of carboxylic acids is 1. The van der Waals surface area contributed by atoms with Gasteiger partial charge in [0.05, 0.1) is 0 Å². The fourth-order valence-corrected chi connectivity index (χ4v) is 3.05. The number of carboxylic acid groups (broad SMARTS) is 1. The number of hydrogen-bond donors (Lipinski definition) is 2. The van der Waals surface area contributed by atoms with Gasteiger partial charge in [-0.25, -0.2) is 19.4 Å². The second-order valence-corrected chi connectivity index (χ2v) is 9.72. The summed E-state index contributed by atoms with van der Waals surface area (Å²) in [6.45, 7) is 12.9. The summed E-state index contributed by atoms with van der Waals surface area (Å²) in [7, 11) is 0. The Labute approximate surface area is 188 Å². The summed E-state index contributed by atoms with van der Waals surface area (Å²) in [4.78, 5) is 43.8. The molecule has 1 aliphatic rings. The molecule has 0 aliphatic carbocycles. The topological polar surface area (TPSA) is 121 Å². The summed E-state index contributed by atoms with van der Waals surface area (Å²) < 4.78 is 10.5. The first-order valence-electron chi connectivity index (χ1n) is 10.6. The van der Waals surface area contributed by atoms with Gasteiger partial charge in [-0.05, 0) is 53.2 Å². The number of alkyl carbamates (subject to hydrolysis) is 1. The number of hydrogen-bond acceptors (Lipinski definition) is 7. The third-order valence-corrected chi connectivity index (χ3v) is 4.49. The molecule has 10 nitrogen and oxygen atoms in total. The molecule has 32 heavy (non-hydrogen) atoms. The third kappa shape index (κ3) is 8.24. The van der Waals surface area contributed by atoms with E-state index >= 15 is 0 Å². The van der Waals surface area contributed by atoms with E-state index in [-0.39, 0.29) is 12.5 Å². The van der Waals surface area contributed by atoms with Crippen LogP contribution in [0.5, 0.6) is 0 Å². The van der Waals surface area contributed by atoms with E-state index < -0.39 is 29.3 Å². The molecule has 2 heterocycles. The minimum absolute atomic E-state index is 0.0777. The van der Waals surface area contributed by atoms with E-state index in [1.807, 2.05) is 26.8 Å². The number of nitrogens with zero attached hydrogens (tertiary/aromatic N) is 3. The molecule has 10 heteroatoms. The van der Waals surface area contributed by atoms with Crippen molar-refractivity contribution < 1.29 is 29.0 Å². The zero-order chi connectivity index (χ0) is 24.1. The molecule has 1 saturated heterocycles. The van der Waals surface area contributed by atoms with Gasteiger partial charge < -0.3 is 29.7 Å². The van der Waals surface area contributed by atoms with Crippen molar-refractivity contribution in [2.75, 3.05) is 31.1 Å². The van der Waals surface area contributed by atoms with E-state index in [2.05, 4.69) is 15.2 Å². The number of carbonyl (C=O) groups excluding carboxylic acids is 2. The molecule has 1 fully saturated rings. The number of aromatic nitrogens is 1. The van der Waals surface area contributed by atoms with E-state index in [4.69, 9.17) is 9.47 Å². The Morgan fingerprint density at radius 1 is 1.03 bits per heavy atom. The lowest BCUT2D eigenvalue weighted by atomic mass is 10.1. The molecule has 1 atom stereocenters. The molecular weight excluding hydrogens is 416 g/mol. The largest absolute Gasteiger partial charge is 0.480 e. The van der Waals surface area contributed by atoms with Crippen LogP contribution in [0.25, 0.3) is 0 Å². The van der Waals surface area contributed by atoms with Crippen LogP contribution in [0.2, 0.25) is 0 Å². The number of amides is 2. The number of aliphatic carboxylic acids is 1. The van der Waals surface area contributed by atoms with Crippen LogP contribution in [-0.4, -0.2) is 76.6 Å². The average Bonchev–Trinajstić information content (AvgIpc) is 2.65. The highest BCUT2D eigenvalue weighted by Gasteiger charge is 2.27. The highest BCUT2D eigenvalue weighted by atomic mass is 16.6. The highest BCUT2D eigenvalue weighted by Crippen LogP contribution is 2.17. The zero-order valence-electron chi connectivity index (χ0n) is 19.7. The van der Waals surface area contributed by atoms with Gasteiger partial charge in [0, 0.05) is 38.8 Å². The molecule has 0 saturated carbocycles. The van der Waals surface area contributed by atoms with Gasteiger partial charge in [-0.3, -0.25) is 0 Å². The predicted octanol–water partition coefficient (Wildman–Crippen LogP) is 2.66. The van der Waals surface area contributed by atoms with Crippen molar-refractivity contribution in [1.29, 1.82) is 0 Å². The molecule has 0 radical (unpaired) electrons. The van der Waals surface area contributed by atoms with Crippen LogP contribution in [0.1, 0.15) is 47.1 Å². The van der Waals surface area contributed by atoms with Gasteiger partial charge in [0.1, 0.15) is 23.1 Å². The maximum atomic E-state index is 12.2. The molecule has 0 aromatic carbocycles. The van der Waals surface area contributed by atoms with Crippen molar-refractivity contribution in [3.8, 4) is 0 Å². The van der Waals surface area contributed by atoms with E-state index in [1.54, 1.807) is 37.9 Å². The minimum Gasteiger partial charge on any atom is -0.480 e. The minimum atomic E-state index is -1.15. The third-order valence-electron chi connectivity index (χ3n) is 4.49. The molecule has 0 unspecified atom stereocenters. The molecule has 2 amide bonds. The summed E-state index contributed by atoms with van der Waals surface area (Å²) >= 11 is 0. The summed E-state index contributed by atoms with van der Waals surface area (Å²) in [6, 6.07) is 2.47. The normalized spacial score (nSPS) is 15.7. The highest BCUT2D eigenvalue weighted by molar-refractivity contribution is 5.80. The van der Waals surface area contributed by atoms with Gasteiger partial charge in [0.25, 0.3) is 0 Å². The second-order valence-electron chi connectivity index (χ2n) is 9.72. The Hall–Kier alpha value is -3.04. The first-order valence-corrected chi connectivity index (χ1v) is 10.6. The van der Waals surface area contributed by atoms with Crippen LogP contribution in [0.4, 0.5) is 15.4 Å². The number of carbonyl (C=O) groups is 3. The van der Waals surface area contributed by atoms with Crippen LogP contribution >= 0.6 is 0 Å². The Morgan fingerprint density at radius 3 is 2.09 bits per heavy atom. The van der Waals surface area contributed by atoms with Gasteiger partial charge in [-0.1, -0.05) is 6.07 Å². The van der Waals surface area contributed by atoms with Crippen LogP contribution in [0, 0.1) is 0 Å². The van der Waals surface area contributed by atoms with Crippen molar-refractivity contribution in [2.24, 2.45) is 0 Å². The fourth-order valence-electron chi connectivity index (χ4n) is 3.05. The van der Waals surface area contributed by atoms with Gasteiger partial charge in [-0.15, -0.1) is 0 Å². The number of ether oxygens (including phenoxy) is 2. The Morgan fingerprint density at radius 2 is 1.62 bits per heavy atom. The molecule has 0 bridgehead atoms. The molecule has 2 N–H and O–H groups in total. The van der Waals surface area contributed by atoms with E-state index in [0.717, 1.165) is 5.82 Å². The predicted molar refractivity (Wildman–Crippen MR) is 119 cm³/mol. The van der Waals surface area contributed by atoms with E-state index in [9.17, 15) is 19.5 Å². The van der Waals surface area contributed by atoms with Crippen molar-refractivity contribution in [3.63, 3.8) is 0 Å². The van der Waals surface area contributed by atoms with E-state index in [1.165, 1.54) is 0 Å². The lowest BCUT2D eigenvalue weighted by Crippen LogP contribution is -2.50. The quantitative estimate of drug-likeness (QED) is 0.702. The molecule has 1 aromatic rings. The number of nitrogens with one attached hydrogen (secondary N) is 1. The molecule has 178 valence electrons. The number of rotatable bonds is 5. The average molecular weight is 451 g/mol. The summed E-state index contributed by atoms with van der Waals surface area (Å²) in [5, 5.41) is 11.8. The smallest absolute Gasteiger partial charge is 0.410 e. The van der Waals surface area contributed by atoms with Crippen LogP contribution in [0.3, 0.4) is 0 Å². The van der Waals surface area contributed by atoms with Crippen LogP contribution < -0.4 is 10.2 Å². The molecule has 2 rings (SSSR count). The second kappa shape index (κ2) is 10.1. The van der Waals surface area contributed by atoms with Crippen LogP contribution in [0.15, 0.2) is 18.3 Å². The first kappa shape index (κ1) is 25.2. The van der Waals surface area contributed by atoms with Gasteiger partial charge in [-0.2, -0.15) is 0 Å². The number of piperazine rings is 1. The maximum Gasteiger partial charge on any atom is 0.410 e. The summed E-state index contributed by atoms with van der Waals surface area (Å²) in [5.41, 5.74) is -0.577. The maximum absolute atomic E-state index is 12.2. The Kier molecular flexibility index (Phi) is 7.92. The van der Waals surface area contributed by atoms with Crippen molar-refractivity contribution >= 4 is 24.0 Å². The Balaban J connectivity index is 1.92. The van der Waals surface area contributed by atoms with Gasteiger partial charge in [0.15, 0.2) is 0 Å². The Bertz CT molecular complexity index is 805. The zero-order valence-corrected chi connectivity index (χ0v) is 19.7.